The molecule has 34 heavy (non-hydrogen) atoms. The zero-order chi connectivity index (χ0) is 22.8. The van der Waals surface area contributed by atoms with E-state index < -0.39 is 8.07 Å². The van der Waals surface area contributed by atoms with Crippen molar-refractivity contribution in [1.29, 1.82) is 0 Å². The van der Waals surface area contributed by atoms with E-state index in [0.29, 0.717) is 0 Å². The van der Waals surface area contributed by atoms with Crippen molar-refractivity contribution in [2.24, 2.45) is 4.99 Å². The van der Waals surface area contributed by atoms with Crippen LogP contribution < -0.4 is 20.7 Å². The Morgan fingerprint density at radius 3 is 1.59 bits per heavy atom. The Bertz CT molecular complexity index is 1320. The molecule has 0 aromatic heterocycles. The second-order valence-corrected chi connectivity index (χ2v) is 12.6. The number of hydrogen-bond donors (Lipinski definition) is 0. The maximum atomic E-state index is 4.51. The zero-order valence-electron chi connectivity index (χ0n) is 18.9. The maximum absolute atomic E-state index is 4.51. The Kier molecular flexibility index (Phi) is 5.29. The molecule has 1 heterocycles. The molecular weight excluding hydrogens is 426 g/mol. The first-order valence-corrected chi connectivity index (χ1v) is 13.8. The van der Waals surface area contributed by atoms with Crippen LogP contribution in [0.25, 0.3) is 0 Å². The fourth-order valence-electron chi connectivity index (χ4n) is 5.30. The highest BCUT2D eigenvalue weighted by Crippen LogP contribution is 2.30. The fourth-order valence-corrected chi connectivity index (χ4v) is 10.0. The zero-order valence-corrected chi connectivity index (χ0v) is 19.9. The van der Waals surface area contributed by atoms with Gasteiger partial charge in [-0.1, -0.05) is 127 Å². The van der Waals surface area contributed by atoms with Gasteiger partial charge in [-0.3, -0.25) is 4.99 Å². The van der Waals surface area contributed by atoms with Crippen LogP contribution in [0.1, 0.15) is 11.5 Å². The lowest BCUT2D eigenvalue weighted by atomic mass is 9.92. The Morgan fingerprint density at radius 1 is 0.559 bits per heavy atom. The van der Waals surface area contributed by atoms with Crippen LogP contribution in [0.5, 0.6) is 0 Å². The van der Waals surface area contributed by atoms with E-state index in [0.717, 1.165) is 5.70 Å². The monoisotopic (exact) mass is 451 g/mol. The van der Waals surface area contributed by atoms with E-state index in [1.54, 1.807) is 0 Å². The SMILES string of the molecule is C1=CC(c2ccc([Si](c3ccccc3)(c3ccccc3)c3ccccc3)cc2)C=C2N=CC=C12. The minimum absolute atomic E-state index is 0.248. The third-order valence-corrected chi connectivity index (χ3v) is 11.7. The van der Waals surface area contributed by atoms with E-state index >= 15 is 0 Å². The number of nitrogens with zero attached hydrogens (tertiary/aromatic N) is 1. The Hall–Kier alpha value is -4.01. The molecule has 0 radical (unpaired) electrons. The van der Waals surface area contributed by atoms with Gasteiger partial charge >= 0.3 is 0 Å². The van der Waals surface area contributed by atoms with Crippen molar-refractivity contribution < 1.29 is 0 Å². The fraction of sp³-hybridized carbons (Fsp3) is 0.0312. The summed E-state index contributed by atoms with van der Waals surface area (Å²) in [5, 5.41) is 5.59. The van der Waals surface area contributed by atoms with E-state index in [1.165, 1.54) is 31.9 Å². The van der Waals surface area contributed by atoms with Crippen LogP contribution in [0.3, 0.4) is 0 Å². The third-order valence-electron chi connectivity index (χ3n) is 6.93. The number of fused-ring (bicyclic) bond motifs is 1. The van der Waals surface area contributed by atoms with Gasteiger partial charge in [0, 0.05) is 17.7 Å². The van der Waals surface area contributed by atoms with Gasteiger partial charge in [0.05, 0.1) is 5.70 Å². The highest BCUT2D eigenvalue weighted by Gasteiger charge is 2.41. The molecule has 0 saturated heterocycles. The van der Waals surface area contributed by atoms with Crippen molar-refractivity contribution in [2.75, 3.05) is 0 Å². The smallest absolute Gasteiger partial charge is 0.179 e. The van der Waals surface area contributed by atoms with E-state index in [1.807, 2.05) is 6.21 Å². The molecule has 1 atom stereocenters. The molecule has 2 aliphatic rings. The first-order chi connectivity index (χ1) is 16.9. The lowest BCUT2D eigenvalue weighted by Gasteiger charge is -2.34. The molecule has 1 aliphatic carbocycles. The third kappa shape index (κ3) is 3.44. The summed E-state index contributed by atoms with van der Waals surface area (Å²) in [6, 6.07) is 42.5. The van der Waals surface area contributed by atoms with Crippen LogP contribution in [0, 0.1) is 0 Å². The molecule has 0 saturated carbocycles. The highest BCUT2D eigenvalue weighted by atomic mass is 28.3. The van der Waals surface area contributed by atoms with Gasteiger partial charge in [-0.05, 0) is 38.5 Å². The minimum Gasteiger partial charge on any atom is -0.257 e. The van der Waals surface area contributed by atoms with Gasteiger partial charge in [0.15, 0.2) is 8.07 Å². The number of hydrogen-bond acceptors (Lipinski definition) is 1. The summed E-state index contributed by atoms with van der Waals surface area (Å²) in [5.74, 6) is 0.248. The normalized spacial score (nSPS) is 16.6. The van der Waals surface area contributed by atoms with Crippen molar-refractivity contribution in [3.63, 3.8) is 0 Å². The summed E-state index contributed by atoms with van der Waals surface area (Å²) in [4.78, 5) is 4.51. The molecule has 2 heteroatoms. The van der Waals surface area contributed by atoms with Crippen molar-refractivity contribution in [3.05, 3.63) is 156 Å². The van der Waals surface area contributed by atoms with Gasteiger partial charge in [-0.25, -0.2) is 0 Å². The summed E-state index contributed by atoms with van der Waals surface area (Å²) in [6.07, 6.45) is 10.7. The minimum atomic E-state index is -2.46. The van der Waals surface area contributed by atoms with Gasteiger partial charge in [-0.15, -0.1) is 0 Å². The molecule has 0 amide bonds. The summed E-state index contributed by atoms with van der Waals surface area (Å²) >= 11 is 0. The second kappa shape index (κ2) is 8.73. The first kappa shape index (κ1) is 20.6. The summed E-state index contributed by atoms with van der Waals surface area (Å²) in [6.45, 7) is 0. The lowest BCUT2D eigenvalue weighted by Crippen LogP contribution is -2.74. The topological polar surface area (TPSA) is 12.4 Å². The standard InChI is InChI=1S/C32H25NSi/c1-4-10-28(11-5-1)34(29-12-6-2-7-13-29,30-14-8-3-9-15-30)31-20-18-25(19-21-31)27-17-16-26-22-23-33-32(26)24-27/h1-24,27H. The highest BCUT2D eigenvalue weighted by molar-refractivity contribution is 7.19. The van der Waals surface area contributed by atoms with Gasteiger partial charge in [0.2, 0.25) is 0 Å². The average Bonchev–Trinajstić information content (AvgIpc) is 3.40. The second-order valence-electron chi connectivity index (χ2n) is 8.81. The van der Waals surface area contributed by atoms with Crippen molar-refractivity contribution >= 4 is 35.0 Å². The summed E-state index contributed by atoms with van der Waals surface area (Å²) in [5.41, 5.74) is 3.58. The van der Waals surface area contributed by atoms with E-state index in [-0.39, 0.29) is 5.92 Å². The quantitative estimate of drug-likeness (QED) is 0.310. The number of benzene rings is 4. The molecule has 0 bridgehead atoms. The van der Waals surface area contributed by atoms with Crippen molar-refractivity contribution in [3.8, 4) is 0 Å². The Balaban J connectivity index is 1.53. The molecule has 162 valence electrons. The molecule has 0 fully saturated rings. The molecule has 4 aromatic rings. The molecule has 1 unspecified atom stereocenters. The van der Waals surface area contributed by atoms with Crippen LogP contribution in [-0.2, 0) is 0 Å². The number of allylic oxidation sites excluding steroid dienone is 4. The first-order valence-electron chi connectivity index (χ1n) is 11.8. The van der Waals surface area contributed by atoms with E-state index in [9.17, 15) is 0 Å². The molecule has 6 rings (SSSR count). The van der Waals surface area contributed by atoms with Crippen LogP contribution >= 0.6 is 0 Å². The molecule has 1 nitrogen and oxygen atoms in total. The molecule has 0 N–H and O–H groups in total. The number of rotatable bonds is 5. The van der Waals surface area contributed by atoms with E-state index in [4.69, 9.17) is 0 Å². The average molecular weight is 452 g/mol. The largest absolute Gasteiger partial charge is 0.257 e. The summed E-state index contributed by atoms with van der Waals surface area (Å²) in [7, 11) is -2.46. The Labute approximate surface area is 202 Å². The van der Waals surface area contributed by atoms with E-state index in [2.05, 4.69) is 145 Å². The predicted octanol–water partition coefficient (Wildman–Crippen LogP) is 4.61. The van der Waals surface area contributed by atoms with Gasteiger partial charge in [-0.2, -0.15) is 0 Å². The van der Waals surface area contributed by atoms with Crippen LogP contribution in [0.2, 0.25) is 0 Å². The van der Waals surface area contributed by atoms with Crippen molar-refractivity contribution in [1.82, 2.24) is 0 Å². The lowest BCUT2D eigenvalue weighted by molar-refractivity contribution is 1.04. The molecule has 4 aromatic carbocycles. The van der Waals surface area contributed by atoms with Gasteiger partial charge < -0.3 is 0 Å². The maximum Gasteiger partial charge on any atom is 0.179 e. The van der Waals surface area contributed by atoms with Crippen molar-refractivity contribution in [2.45, 2.75) is 5.92 Å². The van der Waals surface area contributed by atoms with Crippen LogP contribution in [-0.4, -0.2) is 14.3 Å². The van der Waals surface area contributed by atoms with Gasteiger partial charge in [0.1, 0.15) is 0 Å². The molecular formula is C32H25NSi. The van der Waals surface area contributed by atoms with Gasteiger partial charge in [0.25, 0.3) is 0 Å². The summed E-state index contributed by atoms with van der Waals surface area (Å²) < 4.78 is 0. The number of aliphatic imine (C=N–C) groups is 1. The van der Waals surface area contributed by atoms with Crippen LogP contribution in [0.4, 0.5) is 0 Å². The Morgan fingerprint density at radius 2 is 1.06 bits per heavy atom. The van der Waals surface area contributed by atoms with Crippen LogP contribution in [0.15, 0.2) is 156 Å². The molecule has 1 aliphatic heterocycles. The predicted molar refractivity (Wildman–Crippen MR) is 147 cm³/mol. The molecule has 0 spiro atoms.